The second-order valence-corrected chi connectivity index (χ2v) is 35.1. The quantitative estimate of drug-likeness (QED) is 0.0292. The van der Waals surface area contributed by atoms with Crippen LogP contribution in [0.2, 0.25) is 0 Å². The zero-order chi connectivity index (χ0) is 82.8. The van der Waals surface area contributed by atoms with Gasteiger partial charge in [-0.05, 0) is 294 Å². The monoisotopic (exact) mass is 1580 g/mol. The Morgan fingerprint density at radius 1 is 0.333 bits per heavy atom. The van der Waals surface area contributed by atoms with Crippen LogP contribution in [0.3, 0.4) is 0 Å². The maximum absolute atomic E-state index is 6.41. The van der Waals surface area contributed by atoms with Crippen molar-refractivity contribution >= 4 is 98.8 Å². The molecule has 16 aromatic carbocycles. The molecule has 0 aliphatic carbocycles. The Labute approximate surface area is 714 Å². The van der Waals surface area contributed by atoms with Crippen LogP contribution in [0.25, 0.3) is 86.9 Å². The SMILES string of the molecule is CCC(C)c1ccc(N(c2ccc(-c3ccc4ccc5c(C(CC)(CC)c6ccccc6)ccc6ccc3c4c65)cc2)c2ccc(C(CC)(CC)C(CC)(CC)c3ccc4ccc5c(-c6ccc(N(c7ccc(OCCCCCCOCC8(C)COC8)cc7)c7ccc(C(CC)(CC)c8ccccc8)cc7)cc6)ccc6ccc3c4c65)cc2)cc1. The van der Waals surface area contributed by atoms with E-state index in [9.17, 15) is 0 Å². The minimum absolute atomic E-state index is 0.0865. The molecule has 1 fully saturated rings. The highest BCUT2D eigenvalue weighted by molar-refractivity contribution is 6.27. The molecule has 1 atom stereocenters. The zero-order valence-electron chi connectivity index (χ0n) is 72.8. The molecule has 608 valence electrons. The molecule has 1 saturated heterocycles. The first-order valence-electron chi connectivity index (χ1n) is 45.3. The Morgan fingerprint density at radius 3 is 1.13 bits per heavy atom. The molecule has 0 spiro atoms. The van der Waals surface area contributed by atoms with Gasteiger partial charge in [-0.2, -0.15) is 0 Å². The van der Waals surface area contributed by atoms with E-state index in [0.717, 1.165) is 150 Å². The minimum atomic E-state index is -0.206. The van der Waals surface area contributed by atoms with E-state index in [1.54, 1.807) is 0 Å². The van der Waals surface area contributed by atoms with Crippen molar-refractivity contribution < 1.29 is 14.2 Å². The number of hydrogen-bond acceptors (Lipinski definition) is 5. The number of nitrogens with zero attached hydrogens (tertiary/aromatic N) is 2. The van der Waals surface area contributed by atoms with Crippen molar-refractivity contribution in [2.75, 3.05) is 42.8 Å². The van der Waals surface area contributed by atoms with Gasteiger partial charge in [0.25, 0.3) is 0 Å². The highest BCUT2D eigenvalue weighted by Gasteiger charge is 2.50. The lowest BCUT2D eigenvalue weighted by molar-refractivity contribution is -0.137. The van der Waals surface area contributed by atoms with Gasteiger partial charge in [-0.3, -0.25) is 0 Å². The second kappa shape index (κ2) is 34.6. The second-order valence-electron chi connectivity index (χ2n) is 35.1. The molecule has 0 bridgehead atoms. The summed E-state index contributed by atoms with van der Waals surface area (Å²) in [5.74, 6) is 1.36. The molecule has 0 saturated carbocycles. The maximum Gasteiger partial charge on any atom is 0.119 e. The highest BCUT2D eigenvalue weighted by atomic mass is 16.5. The van der Waals surface area contributed by atoms with Crippen molar-refractivity contribution in [1.29, 1.82) is 0 Å². The molecule has 5 nitrogen and oxygen atoms in total. The molecule has 0 aromatic heterocycles. The lowest BCUT2D eigenvalue weighted by Crippen LogP contribution is -2.48. The third kappa shape index (κ3) is 14.4. The van der Waals surface area contributed by atoms with Gasteiger partial charge < -0.3 is 24.0 Å². The molecule has 1 aliphatic heterocycles. The van der Waals surface area contributed by atoms with E-state index in [4.69, 9.17) is 14.2 Å². The van der Waals surface area contributed by atoms with Crippen LogP contribution in [0.15, 0.2) is 303 Å². The van der Waals surface area contributed by atoms with Crippen molar-refractivity contribution in [3.63, 3.8) is 0 Å². The van der Waals surface area contributed by atoms with E-state index in [1.807, 2.05) is 0 Å². The third-order valence-electron chi connectivity index (χ3n) is 29.2. The number of unbranched alkanes of at least 4 members (excludes halogenated alkanes) is 3. The van der Waals surface area contributed by atoms with Crippen molar-refractivity contribution in [1.82, 2.24) is 0 Å². The van der Waals surface area contributed by atoms with E-state index in [2.05, 4.69) is 389 Å². The molecule has 0 amide bonds. The molecular formula is C115H120N2O3. The molecule has 1 aliphatic rings. The van der Waals surface area contributed by atoms with Gasteiger partial charge in [-0.25, -0.2) is 0 Å². The van der Waals surface area contributed by atoms with Crippen molar-refractivity contribution in [2.45, 2.75) is 187 Å². The summed E-state index contributed by atoms with van der Waals surface area (Å²) in [6.07, 6.45) is 13.5. The Morgan fingerprint density at radius 2 is 0.700 bits per heavy atom. The smallest absolute Gasteiger partial charge is 0.119 e. The van der Waals surface area contributed by atoms with Gasteiger partial charge in [0, 0.05) is 67.8 Å². The molecule has 0 radical (unpaired) electrons. The van der Waals surface area contributed by atoms with Gasteiger partial charge >= 0.3 is 0 Å². The largest absolute Gasteiger partial charge is 0.494 e. The number of benzene rings is 16. The minimum Gasteiger partial charge on any atom is -0.494 e. The Hall–Kier alpha value is -11.1. The van der Waals surface area contributed by atoms with Crippen molar-refractivity contribution in [3.8, 4) is 28.0 Å². The predicted octanol–water partition coefficient (Wildman–Crippen LogP) is 32.3. The lowest BCUT2D eigenvalue weighted by atomic mass is 9.51. The number of ether oxygens (including phenoxy) is 3. The summed E-state index contributed by atoms with van der Waals surface area (Å²) >= 11 is 0. The van der Waals surface area contributed by atoms with Crippen LogP contribution in [0.1, 0.15) is 204 Å². The molecule has 1 heterocycles. The van der Waals surface area contributed by atoms with Gasteiger partial charge in [-0.1, -0.05) is 301 Å². The molecule has 17 rings (SSSR count). The first kappa shape index (κ1) is 81.3. The van der Waals surface area contributed by atoms with Crippen LogP contribution in [0, 0.1) is 5.41 Å². The van der Waals surface area contributed by atoms with E-state index in [1.165, 1.54) is 126 Å². The zero-order valence-corrected chi connectivity index (χ0v) is 72.8. The van der Waals surface area contributed by atoms with Crippen LogP contribution in [0.4, 0.5) is 34.1 Å². The summed E-state index contributed by atoms with van der Waals surface area (Å²) in [5, 5.41) is 15.9. The standard InChI is InChI=1S/C115H120N2O3/c1-12-80(10)81-35-53-92(54-36-81)116(93-55-37-82(38-56-93)99-67-41-84-45-71-103-105(73-47-86-43-69-101(99)107(84)109(86)103)113(15-4,16-5)89-33-27-24-28-34-89)96-61-51-91(52-62-96)114(17-6,18-7)115(19-8,20-9)106-74-48-87-44-70-102-100(68-42-85-46-72-104(106)110(87)108(85)102)83-39-57-94(58-40-83)117(95-59-49-90(50-60-95)112(13-2,14-3)88-31-25-23-26-32-88)97-63-65-98(66-64-97)120-76-30-22-21-29-75-118-77-111(11)78-119-79-111/h23-28,31-74,80H,12-22,29-30,75-79H2,1-11H3. The first-order valence-corrected chi connectivity index (χ1v) is 45.3. The van der Waals surface area contributed by atoms with E-state index >= 15 is 0 Å². The van der Waals surface area contributed by atoms with Gasteiger partial charge in [0.15, 0.2) is 0 Å². The summed E-state index contributed by atoms with van der Waals surface area (Å²) in [4.78, 5) is 4.88. The van der Waals surface area contributed by atoms with E-state index in [0.29, 0.717) is 12.5 Å². The Kier molecular flexibility index (Phi) is 23.4. The number of anilines is 6. The Bertz CT molecular complexity index is 6130. The fourth-order valence-electron chi connectivity index (χ4n) is 22.0. The summed E-state index contributed by atoms with van der Waals surface area (Å²) in [7, 11) is 0. The van der Waals surface area contributed by atoms with Crippen LogP contribution in [-0.4, -0.2) is 33.0 Å². The molecule has 5 heteroatoms. The fraction of sp³-hybridized carbons (Fsp3) is 0.304. The van der Waals surface area contributed by atoms with Gasteiger partial charge in [0.2, 0.25) is 0 Å². The number of hydrogen-bond donors (Lipinski definition) is 0. The van der Waals surface area contributed by atoms with Crippen LogP contribution in [-0.2, 0) is 31.1 Å². The van der Waals surface area contributed by atoms with Crippen LogP contribution < -0.4 is 14.5 Å². The third-order valence-corrected chi connectivity index (χ3v) is 29.2. The summed E-state index contributed by atoms with van der Waals surface area (Å²) in [6, 6.07) is 117. The topological polar surface area (TPSA) is 34.2 Å². The summed E-state index contributed by atoms with van der Waals surface area (Å²) in [5.41, 5.74) is 21.0. The van der Waals surface area contributed by atoms with Crippen LogP contribution in [0.5, 0.6) is 5.75 Å². The normalized spacial score (nSPS) is 13.6. The summed E-state index contributed by atoms with van der Waals surface area (Å²) < 4.78 is 17.8. The number of rotatable bonds is 35. The van der Waals surface area contributed by atoms with Crippen molar-refractivity contribution in [3.05, 3.63) is 342 Å². The highest BCUT2D eigenvalue weighted by Crippen LogP contribution is 2.57. The lowest BCUT2D eigenvalue weighted by Gasteiger charge is -2.52. The van der Waals surface area contributed by atoms with E-state index in [-0.39, 0.29) is 27.1 Å². The molecule has 0 N–H and O–H groups in total. The average Bonchev–Trinajstić information content (AvgIpc) is 0.692. The van der Waals surface area contributed by atoms with E-state index < -0.39 is 0 Å². The fourth-order valence-corrected chi connectivity index (χ4v) is 22.0. The maximum atomic E-state index is 6.41. The predicted molar refractivity (Wildman–Crippen MR) is 513 cm³/mol. The molecular weight excluding hydrogens is 1460 g/mol. The van der Waals surface area contributed by atoms with Crippen molar-refractivity contribution in [2.24, 2.45) is 5.41 Å². The Balaban J connectivity index is 0.681. The van der Waals surface area contributed by atoms with Crippen LogP contribution >= 0.6 is 0 Å². The summed E-state index contributed by atoms with van der Waals surface area (Å²) in [6.45, 7) is 30.0. The van der Waals surface area contributed by atoms with Gasteiger partial charge in [0.1, 0.15) is 5.75 Å². The molecule has 16 aromatic rings. The molecule has 120 heavy (non-hydrogen) atoms. The molecule has 1 unspecified atom stereocenters. The first-order chi connectivity index (χ1) is 58.8. The average molecular weight is 1580 g/mol. The van der Waals surface area contributed by atoms with Gasteiger partial charge in [0.05, 0.1) is 26.4 Å². The van der Waals surface area contributed by atoms with Gasteiger partial charge in [-0.15, -0.1) is 0 Å².